The van der Waals surface area contributed by atoms with Crippen LogP contribution >= 0.6 is 11.3 Å². The molecule has 1 saturated carbocycles. The quantitative estimate of drug-likeness (QED) is 0.894. The molecule has 122 valence electrons. The van der Waals surface area contributed by atoms with Crippen molar-refractivity contribution in [2.45, 2.75) is 51.5 Å². The maximum Gasteiger partial charge on any atom is 0.223 e. The lowest BCUT2D eigenvalue weighted by Crippen LogP contribution is -2.42. The summed E-state index contributed by atoms with van der Waals surface area (Å²) in [7, 11) is 0. The average molecular weight is 321 g/mol. The molecule has 4 heteroatoms. The zero-order chi connectivity index (χ0) is 15.4. The Morgan fingerprint density at radius 1 is 1.32 bits per heavy atom. The van der Waals surface area contributed by atoms with Crippen molar-refractivity contribution in [3.8, 4) is 0 Å². The van der Waals surface area contributed by atoms with Gasteiger partial charge < -0.3 is 5.32 Å². The number of nitrogens with zero attached hydrogens (tertiary/aromatic N) is 1. The molecule has 22 heavy (non-hydrogen) atoms. The molecule has 2 fully saturated rings. The summed E-state index contributed by atoms with van der Waals surface area (Å²) in [4.78, 5) is 16.3. The lowest BCUT2D eigenvalue weighted by Gasteiger charge is -2.36. The van der Waals surface area contributed by atoms with Gasteiger partial charge in [-0.25, -0.2) is 0 Å². The average Bonchev–Trinajstić information content (AvgIpc) is 3.22. The first-order valence-electron chi connectivity index (χ1n) is 8.79. The highest BCUT2D eigenvalue weighted by Gasteiger charge is 2.27. The third-order valence-electron chi connectivity index (χ3n) is 5.33. The molecule has 1 atom stereocenters. The second kappa shape index (κ2) is 7.60. The Balaban J connectivity index is 1.60. The van der Waals surface area contributed by atoms with Gasteiger partial charge in [0, 0.05) is 17.3 Å². The number of hydrogen-bond acceptors (Lipinski definition) is 3. The highest BCUT2D eigenvalue weighted by Crippen LogP contribution is 2.30. The number of carbonyl (C=O) groups is 1. The molecule has 0 bridgehead atoms. The summed E-state index contributed by atoms with van der Waals surface area (Å²) in [5.41, 5.74) is 0. The molecule has 1 aromatic heterocycles. The molecule has 1 N–H and O–H groups in total. The number of thiophene rings is 1. The van der Waals surface area contributed by atoms with Crippen LogP contribution in [0.3, 0.4) is 0 Å². The summed E-state index contributed by atoms with van der Waals surface area (Å²) in [6.07, 6.45) is 7.15. The summed E-state index contributed by atoms with van der Waals surface area (Å²) in [6.45, 7) is 5.43. The van der Waals surface area contributed by atoms with E-state index in [-0.39, 0.29) is 11.8 Å². The molecule has 1 amide bonds. The number of rotatable bonds is 5. The highest BCUT2D eigenvalue weighted by atomic mass is 32.1. The molecule has 2 heterocycles. The normalized spacial score (nSPS) is 22.8. The molecular formula is C18H28N2OS. The van der Waals surface area contributed by atoms with Crippen molar-refractivity contribution in [2.75, 3.05) is 19.6 Å². The SMILES string of the molecule is CC1CCN([C@H](CNC(=O)C2CCCC2)c2cccs2)CC1. The number of piperidine rings is 1. The summed E-state index contributed by atoms with van der Waals surface area (Å²) in [6, 6.07) is 4.70. The van der Waals surface area contributed by atoms with Crippen LogP contribution in [0, 0.1) is 11.8 Å². The highest BCUT2D eigenvalue weighted by molar-refractivity contribution is 7.10. The first-order chi connectivity index (χ1) is 10.7. The van der Waals surface area contributed by atoms with Crippen molar-refractivity contribution in [1.82, 2.24) is 10.2 Å². The minimum Gasteiger partial charge on any atom is -0.354 e. The fourth-order valence-corrected chi connectivity index (χ4v) is 4.62. The Morgan fingerprint density at radius 2 is 2.05 bits per heavy atom. The van der Waals surface area contributed by atoms with E-state index in [4.69, 9.17) is 0 Å². The largest absolute Gasteiger partial charge is 0.354 e. The van der Waals surface area contributed by atoms with Gasteiger partial charge in [-0.1, -0.05) is 25.8 Å². The van der Waals surface area contributed by atoms with Gasteiger partial charge in [0.15, 0.2) is 0 Å². The maximum atomic E-state index is 12.3. The standard InChI is InChI=1S/C18H28N2OS/c1-14-8-10-20(11-9-14)16(17-7-4-12-22-17)13-19-18(21)15-5-2-3-6-15/h4,7,12,14-16H,2-3,5-6,8-11,13H2,1H3,(H,19,21)/t16-/m1/s1. The number of nitrogens with one attached hydrogen (secondary N) is 1. The first kappa shape index (κ1) is 16.0. The Morgan fingerprint density at radius 3 is 2.68 bits per heavy atom. The number of likely N-dealkylation sites (tertiary alicyclic amines) is 1. The van der Waals surface area contributed by atoms with Crippen molar-refractivity contribution in [3.05, 3.63) is 22.4 Å². The van der Waals surface area contributed by atoms with E-state index in [0.717, 1.165) is 38.4 Å². The van der Waals surface area contributed by atoms with Crippen LogP contribution in [0.2, 0.25) is 0 Å². The second-order valence-corrected chi connectivity index (χ2v) is 7.96. The van der Waals surface area contributed by atoms with Crippen LogP contribution in [-0.4, -0.2) is 30.4 Å². The van der Waals surface area contributed by atoms with Crippen LogP contribution in [0.4, 0.5) is 0 Å². The van der Waals surface area contributed by atoms with E-state index in [1.807, 2.05) is 11.3 Å². The fraction of sp³-hybridized carbons (Fsp3) is 0.722. The van der Waals surface area contributed by atoms with E-state index in [1.54, 1.807) is 0 Å². The third-order valence-corrected chi connectivity index (χ3v) is 6.30. The minimum atomic E-state index is 0.269. The van der Waals surface area contributed by atoms with Gasteiger partial charge in [-0.2, -0.15) is 0 Å². The Hall–Kier alpha value is -0.870. The number of hydrogen-bond donors (Lipinski definition) is 1. The lowest BCUT2D eigenvalue weighted by atomic mass is 9.97. The van der Waals surface area contributed by atoms with Gasteiger partial charge in [-0.3, -0.25) is 9.69 Å². The molecule has 0 radical (unpaired) electrons. The Bertz CT molecular complexity index is 459. The minimum absolute atomic E-state index is 0.269. The van der Waals surface area contributed by atoms with E-state index in [1.165, 1.54) is 30.6 Å². The Kier molecular flexibility index (Phi) is 5.53. The molecule has 1 saturated heterocycles. The molecule has 1 aliphatic heterocycles. The zero-order valence-corrected chi connectivity index (χ0v) is 14.4. The molecule has 3 rings (SSSR count). The number of amides is 1. The van der Waals surface area contributed by atoms with E-state index in [0.29, 0.717) is 6.04 Å². The van der Waals surface area contributed by atoms with Crippen LogP contribution < -0.4 is 5.32 Å². The molecule has 1 aliphatic carbocycles. The Labute approximate surface area is 138 Å². The molecule has 0 unspecified atom stereocenters. The van der Waals surface area contributed by atoms with Crippen LogP contribution in [0.5, 0.6) is 0 Å². The predicted octanol–water partition coefficient (Wildman–Crippen LogP) is 3.83. The third kappa shape index (κ3) is 3.90. The molecule has 0 aromatic carbocycles. The van der Waals surface area contributed by atoms with Crippen molar-refractivity contribution in [3.63, 3.8) is 0 Å². The lowest BCUT2D eigenvalue weighted by molar-refractivity contribution is -0.125. The van der Waals surface area contributed by atoms with Crippen molar-refractivity contribution >= 4 is 17.2 Å². The predicted molar refractivity (Wildman–Crippen MR) is 92.0 cm³/mol. The maximum absolute atomic E-state index is 12.3. The second-order valence-electron chi connectivity index (χ2n) is 6.98. The summed E-state index contributed by atoms with van der Waals surface area (Å²) in [5.74, 6) is 1.39. The first-order valence-corrected chi connectivity index (χ1v) is 9.67. The van der Waals surface area contributed by atoms with E-state index >= 15 is 0 Å². The van der Waals surface area contributed by atoms with Crippen LogP contribution in [0.25, 0.3) is 0 Å². The van der Waals surface area contributed by atoms with Gasteiger partial charge in [0.2, 0.25) is 5.91 Å². The fourth-order valence-electron chi connectivity index (χ4n) is 3.76. The van der Waals surface area contributed by atoms with E-state index in [2.05, 4.69) is 34.7 Å². The van der Waals surface area contributed by atoms with Gasteiger partial charge in [0.25, 0.3) is 0 Å². The van der Waals surface area contributed by atoms with Crippen molar-refractivity contribution in [1.29, 1.82) is 0 Å². The monoisotopic (exact) mass is 320 g/mol. The van der Waals surface area contributed by atoms with E-state index < -0.39 is 0 Å². The van der Waals surface area contributed by atoms with Crippen LogP contribution in [0.1, 0.15) is 56.4 Å². The molecule has 1 aromatic rings. The van der Waals surface area contributed by atoms with Crippen molar-refractivity contribution in [2.24, 2.45) is 11.8 Å². The summed E-state index contributed by atoms with van der Waals surface area (Å²) in [5, 5.41) is 5.39. The molecule has 0 spiro atoms. The smallest absolute Gasteiger partial charge is 0.223 e. The zero-order valence-electron chi connectivity index (χ0n) is 13.6. The van der Waals surface area contributed by atoms with Crippen LogP contribution in [-0.2, 0) is 4.79 Å². The molecular weight excluding hydrogens is 292 g/mol. The number of carbonyl (C=O) groups excluding carboxylic acids is 1. The molecule has 3 nitrogen and oxygen atoms in total. The topological polar surface area (TPSA) is 32.3 Å². The van der Waals surface area contributed by atoms with Gasteiger partial charge in [0.1, 0.15) is 0 Å². The van der Waals surface area contributed by atoms with Crippen LogP contribution in [0.15, 0.2) is 17.5 Å². The van der Waals surface area contributed by atoms with Gasteiger partial charge >= 0.3 is 0 Å². The summed E-state index contributed by atoms with van der Waals surface area (Å²) < 4.78 is 0. The molecule has 2 aliphatic rings. The van der Waals surface area contributed by atoms with Gasteiger partial charge in [-0.15, -0.1) is 11.3 Å². The van der Waals surface area contributed by atoms with Gasteiger partial charge in [-0.05, 0) is 56.1 Å². The van der Waals surface area contributed by atoms with Gasteiger partial charge in [0.05, 0.1) is 6.04 Å². The van der Waals surface area contributed by atoms with E-state index in [9.17, 15) is 4.79 Å². The van der Waals surface area contributed by atoms with Crippen molar-refractivity contribution < 1.29 is 4.79 Å². The summed E-state index contributed by atoms with van der Waals surface area (Å²) >= 11 is 1.82.